The van der Waals surface area contributed by atoms with Gasteiger partial charge >= 0.3 is 0 Å². The molecule has 2 aliphatic heterocycles. The Bertz CT molecular complexity index is 227. The van der Waals surface area contributed by atoms with Crippen molar-refractivity contribution in [2.75, 3.05) is 32.8 Å². The Hall–Kier alpha value is -0.120. The first-order valence-corrected chi connectivity index (χ1v) is 7.78. The highest BCUT2D eigenvalue weighted by Gasteiger charge is 2.32. The maximum absolute atomic E-state index is 5.49. The molecule has 2 N–H and O–H groups in total. The molecule has 0 saturated carbocycles. The van der Waals surface area contributed by atoms with Gasteiger partial charge < -0.3 is 15.4 Å². The fraction of sp³-hybridized carbons (Fsp3) is 1.00. The van der Waals surface area contributed by atoms with Crippen LogP contribution in [-0.4, -0.2) is 38.9 Å². The van der Waals surface area contributed by atoms with Crippen LogP contribution >= 0.6 is 0 Å². The van der Waals surface area contributed by atoms with Crippen molar-refractivity contribution >= 4 is 0 Å². The van der Waals surface area contributed by atoms with E-state index in [2.05, 4.69) is 24.5 Å². The first-order chi connectivity index (χ1) is 8.76. The van der Waals surface area contributed by atoms with Gasteiger partial charge in [0.2, 0.25) is 0 Å². The van der Waals surface area contributed by atoms with E-state index in [0.29, 0.717) is 11.5 Å². The summed E-state index contributed by atoms with van der Waals surface area (Å²) in [5.41, 5.74) is 0.549. The zero-order valence-corrected chi connectivity index (χ0v) is 12.1. The molecule has 2 heterocycles. The summed E-state index contributed by atoms with van der Waals surface area (Å²) in [4.78, 5) is 0. The van der Waals surface area contributed by atoms with Gasteiger partial charge in [0.15, 0.2) is 0 Å². The Kier molecular flexibility index (Phi) is 5.46. The Morgan fingerprint density at radius 3 is 2.78 bits per heavy atom. The van der Waals surface area contributed by atoms with E-state index in [-0.39, 0.29) is 0 Å². The molecule has 106 valence electrons. The van der Waals surface area contributed by atoms with Crippen molar-refractivity contribution in [2.24, 2.45) is 11.3 Å². The van der Waals surface area contributed by atoms with Gasteiger partial charge in [0, 0.05) is 19.2 Å². The van der Waals surface area contributed by atoms with E-state index in [1.54, 1.807) is 0 Å². The van der Waals surface area contributed by atoms with Crippen molar-refractivity contribution in [1.82, 2.24) is 10.6 Å². The van der Waals surface area contributed by atoms with E-state index >= 15 is 0 Å². The van der Waals surface area contributed by atoms with Crippen LogP contribution in [0.3, 0.4) is 0 Å². The summed E-state index contributed by atoms with van der Waals surface area (Å²) >= 11 is 0. The molecule has 3 nitrogen and oxygen atoms in total. The van der Waals surface area contributed by atoms with E-state index in [1.807, 2.05) is 0 Å². The van der Waals surface area contributed by atoms with E-state index in [0.717, 1.165) is 19.1 Å². The average molecular weight is 254 g/mol. The Labute approximate surface area is 112 Å². The molecular formula is C15H30N2O. The molecule has 0 aromatic carbocycles. The lowest BCUT2D eigenvalue weighted by atomic mass is 9.75. The van der Waals surface area contributed by atoms with Crippen molar-refractivity contribution in [3.8, 4) is 0 Å². The standard InChI is InChI=1S/C15H30N2O/c1-3-5-15(6-8-16-9-7-15)12-17-13(2)14-4-10-18-11-14/h13-14,16-17H,3-12H2,1-2H3. The van der Waals surface area contributed by atoms with Crippen molar-refractivity contribution in [3.63, 3.8) is 0 Å². The predicted molar refractivity (Wildman–Crippen MR) is 75.8 cm³/mol. The molecule has 0 radical (unpaired) electrons. The van der Waals surface area contributed by atoms with Crippen LogP contribution in [0.1, 0.15) is 46.0 Å². The van der Waals surface area contributed by atoms with Crippen LogP contribution in [0.25, 0.3) is 0 Å². The summed E-state index contributed by atoms with van der Waals surface area (Å²) in [6.07, 6.45) is 6.58. The average Bonchev–Trinajstić information content (AvgIpc) is 2.91. The molecule has 2 unspecified atom stereocenters. The molecule has 2 atom stereocenters. The van der Waals surface area contributed by atoms with Gasteiger partial charge in [-0.3, -0.25) is 0 Å². The first kappa shape index (κ1) is 14.3. The number of ether oxygens (including phenoxy) is 1. The molecule has 2 rings (SSSR count). The maximum Gasteiger partial charge on any atom is 0.0509 e. The zero-order valence-electron chi connectivity index (χ0n) is 12.1. The number of hydrogen-bond donors (Lipinski definition) is 2. The largest absolute Gasteiger partial charge is 0.381 e. The molecule has 18 heavy (non-hydrogen) atoms. The fourth-order valence-corrected chi connectivity index (χ4v) is 3.49. The lowest BCUT2D eigenvalue weighted by Gasteiger charge is -2.39. The second kappa shape index (κ2) is 6.88. The van der Waals surface area contributed by atoms with Gasteiger partial charge in [-0.2, -0.15) is 0 Å². The minimum absolute atomic E-state index is 0.549. The minimum Gasteiger partial charge on any atom is -0.381 e. The van der Waals surface area contributed by atoms with Crippen LogP contribution in [0, 0.1) is 11.3 Å². The Morgan fingerprint density at radius 1 is 1.39 bits per heavy atom. The third kappa shape index (κ3) is 3.69. The molecule has 0 aliphatic carbocycles. The van der Waals surface area contributed by atoms with E-state index in [4.69, 9.17) is 4.74 Å². The summed E-state index contributed by atoms with van der Waals surface area (Å²) in [6.45, 7) is 10.2. The molecule has 2 fully saturated rings. The summed E-state index contributed by atoms with van der Waals surface area (Å²) < 4.78 is 5.49. The van der Waals surface area contributed by atoms with Gasteiger partial charge in [-0.25, -0.2) is 0 Å². The van der Waals surface area contributed by atoms with Gasteiger partial charge in [-0.15, -0.1) is 0 Å². The van der Waals surface area contributed by atoms with Crippen LogP contribution in [0.15, 0.2) is 0 Å². The van der Waals surface area contributed by atoms with E-state index in [1.165, 1.54) is 51.7 Å². The number of piperidine rings is 1. The van der Waals surface area contributed by atoms with Crippen molar-refractivity contribution in [3.05, 3.63) is 0 Å². The number of rotatable bonds is 6. The van der Waals surface area contributed by atoms with Gasteiger partial charge in [0.1, 0.15) is 0 Å². The van der Waals surface area contributed by atoms with Crippen molar-refractivity contribution in [1.29, 1.82) is 0 Å². The second-order valence-corrected chi connectivity index (χ2v) is 6.29. The smallest absolute Gasteiger partial charge is 0.0509 e. The lowest BCUT2D eigenvalue weighted by molar-refractivity contribution is 0.153. The maximum atomic E-state index is 5.49. The zero-order chi connectivity index (χ0) is 12.8. The highest BCUT2D eigenvalue weighted by Crippen LogP contribution is 2.33. The fourth-order valence-electron chi connectivity index (χ4n) is 3.49. The highest BCUT2D eigenvalue weighted by atomic mass is 16.5. The van der Waals surface area contributed by atoms with Crippen molar-refractivity contribution in [2.45, 2.75) is 52.0 Å². The van der Waals surface area contributed by atoms with Crippen LogP contribution in [-0.2, 0) is 4.74 Å². The summed E-state index contributed by atoms with van der Waals surface area (Å²) in [7, 11) is 0. The predicted octanol–water partition coefficient (Wildman–Crippen LogP) is 2.17. The molecule has 0 spiro atoms. The number of hydrogen-bond acceptors (Lipinski definition) is 3. The molecule has 0 aromatic rings. The van der Waals surface area contributed by atoms with Crippen LogP contribution < -0.4 is 10.6 Å². The van der Waals surface area contributed by atoms with Gasteiger partial charge in [0.05, 0.1) is 6.61 Å². The van der Waals surface area contributed by atoms with Crippen LogP contribution in [0.5, 0.6) is 0 Å². The summed E-state index contributed by atoms with van der Waals surface area (Å²) in [5.74, 6) is 0.727. The summed E-state index contributed by atoms with van der Waals surface area (Å²) in [5, 5.41) is 7.31. The SMILES string of the molecule is CCCC1(CNC(C)C2CCOC2)CCNCC1. The first-order valence-electron chi connectivity index (χ1n) is 7.78. The third-order valence-corrected chi connectivity index (χ3v) is 4.92. The molecule has 0 bridgehead atoms. The quantitative estimate of drug-likeness (QED) is 0.762. The van der Waals surface area contributed by atoms with Gasteiger partial charge in [0.25, 0.3) is 0 Å². The van der Waals surface area contributed by atoms with Gasteiger partial charge in [-0.05, 0) is 57.0 Å². The molecule has 2 aliphatic rings. The van der Waals surface area contributed by atoms with Crippen molar-refractivity contribution < 1.29 is 4.74 Å². The van der Waals surface area contributed by atoms with Crippen LogP contribution in [0.4, 0.5) is 0 Å². The third-order valence-electron chi connectivity index (χ3n) is 4.92. The topological polar surface area (TPSA) is 33.3 Å². The van der Waals surface area contributed by atoms with Crippen LogP contribution in [0.2, 0.25) is 0 Å². The summed E-state index contributed by atoms with van der Waals surface area (Å²) in [6, 6.07) is 0.608. The molecule has 3 heteroatoms. The highest BCUT2D eigenvalue weighted by molar-refractivity contribution is 4.88. The second-order valence-electron chi connectivity index (χ2n) is 6.29. The molecule has 0 amide bonds. The molecule has 0 aromatic heterocycles. The minimum atomic E-state index is 0.549. The van der Waals surface area contributed by atoms with Gasteiger partial charge in [-0.1, -0.05) is 13.3 Å². The molecule has 2 saturated heterocycles. The Morgan fingerprint density at radius 2 is 2.17 bits per heavy atom. The normalized spacial score (nSPS) is 29.3. The van der Waals surface area contributed by atoms with E-state index in [9.17, 15) is 0 Å². The monoisotopic (exact) mass is 254 g/mol. The number of nitrogens with one attached hydrogen (secondary N) is 2. The molecular weight excluding hydrogens is 224 g/mol. The van der Waals surface area contributed by atoms with E-state index < -0.39 is 0 Å². The Balaban J connectivity index is 1.80. The lowest BCUT2D eigenvalue weighted by Crippen LogP contribution is -2.46.